The summed E-state index contributed by atoms with van der Waals surface area (Å²) in [4.78, 5) is 16.5. The predicted molar refractivity (Wildman–Crippen MR) is 142 cm³/mol. The first-order valence-electron chi connectivity index (χ1n) is 12.0. The van der Waals surface area contributed by atoms with E-state index < -0.39 is 0 Å². The fraction of sp³-hybridized carbons (Fsp3) is 0.219. The van der Waals surface area contributed by atoms with Crippen LogP contribution in [-0.2, 0) is 23.2 Å². The Hall–Kier alpha value is -3.65. The number of hydrogen-bond acceptors (Lipinski definition) is 1. The Balaban J connectivity index is 1.81. The maximum absolute atomic E-state index is 14.5. The predicted octanol–water partition coefficient (Wildman–Crippen LogP) is 7.54. The summed E-state index contributed by atoms with van der Waals surface area (Å²) < 4.78 is 0. The van der Waals surface area contributed by atoms with Gasteiger partial charge in [-0.2, -0.15) is 0 Å². The smallest absolute Gasteiger partial charge is 0.235 e. The maximum Gasteiger partial charge on any atom is 0.235 e. The Kier molecular flexibility index (Phi) is 7.27. The van der Waals surface area contributed by atoms with Gasteiger partial charge in [-0.15, -0.1) is 0 Å². The molecule has 2 heteroatoms. The van der Waals surface area contributed by atoms with Crippen LogP contribution in [0.3, 0.4) is 0 Å². The van der Waals surface area contributed by atoms with Crippen LogP contribution in [0.4, 0.5) is 5.69 Å². The van der Waals surface area contributed by atoms with Gasteiger partial charge in [-0.3, -0.25) is 4.79 Å². The molecule has 0 heterocycles. The van der Waals surface area contributed by atoms with E-state index in [9.17, 15) is 4.79 Å². The van der Waals surface area contributed by atoms with E-state index in [0.717, 1.165) is 22.4 Å². The standard InChI is InChI=1S/C32H33NO/c1-32(2,3)29-21-13-14-22-30(29)33(24-26-17-9-5-10-18-26)31(34)28(27-19-11-6-12-20-27)23-25-15-7-4-8-16-25/h4-22,28H,23-24H2,1-3H3/t28-/m0/s1. The van der Waals surface area contributed by atoms with Crippen LogP contribution in [0.25, 0.3) is 0 Å². The van der Waals surface area contributed by atoms with Crippen LogP contribution >= 0.6 is 0 Å². The maximum atomic E-state index is 14.5. The molecule has 4 aromatic carbocycles. The van der Waals surface area contributed by atoms with Crippen molar-refractivity contribution in [3.63, 3.8) is 0 Å². The third-order valence-electron chi connectivity index (χ3n) is 6.24. The summed E-state index contributed by atoms with van der Waals surface area (Å²) in [7, 11) is 0. The molecule has 0 unspecified atom stereocenters. The van der Waals surface area contributed by atoms with Crippen LogP contribution in [0.1, 0.15) is 48.9 Å². The van der Waals surface area contributed by atoms with Crippen LogP contribution in [0.5, 0.6) is 0 Å². The van der Waals surface area contributed by atoms with Crippen molar-refractivity contribution >= 4 is 11.6 Å². The largest absolute Gasteiger partial charge is 0.307 e. The lowest BCUT2D eigenvalue weighted by Crippen LogP contribution is -2.37. The van der Waals surface area contributed by atoms with E-state index in [1.807, 2.05) is 65.6 Å². The van der Waals surface area contributed by atoms with Crippen LogP contribution in [0.15, 0.2) is 115 Å². The van der Waals surface area contributed by atoms with Gasteiger partial charge in [0, 0.05) is 5.69 Å². The first-order chi connectivity index (χ1) is 16.4. The summed E-state index contributed by atoms with van der Waals surface area (Å²) in [5.74, 6) is -0.157. The number of hydrogen-bond donors (Lipinski definition) is 0. The van der Waals surface area contributed by atoms with E-state index in [-0.39, 0.29) is 17.2 Å². The molecule has 172 valence electrons. The molecule has 0 fully saturated rings. The van der Waals surface area contributed by atoms with Crippen LogP contribution in [0.2, 0.25) is 0 Å². The van der Waals surface area contributed by atoms with Gasteiger partial charge in [0.05, 0.1) is 12.5 Å². The Morgan fingerprint density at radius 2 is 1.18 bits per heavy atom. The number of carbonyl (C=O) groups excluding carboxylic acids is 1. The van der Waals surface area contributed by atoms with Crippen molar-refractivity contribution in [1.82, 2.24) is 0 Å². The molecule has 0 radical (unpaired) electrons. The van der Waals surface area contributed by atoms with Gasteiger partial charge in [0.15, 0.2) is 0 Å². The number of rotatable bonds is 7. The van der Waals surface area contributed by atoms with Crippen molar-refractivity contribution in [3.8, 4) is 0 Å². The van der Waals surface area contributed by atoms with Crippen molar-refractivity contribution in [2.24, 2.45) is 0 Å². The molecule has 0 saturated heterocycles. The second-order valence-corrected chi connectivity index (χ2v) is 9.83. The van der Waals surface area contributed by atoms with Crippen molar-refractivity contribution in [2.75, 3.05) is 4.90 Å². The normalized spacial score (nSPS) is 12.2. The summed E-state index contributed by atoms with van der Waals surface area (Å²) in [5, 5.41) is 0. The third kappa shape index (κ3) is 5.63. The summed E-state index contributed by atoms with van der Waals surface area (Å²) >= 11 is 0. The van der Waals surface area contributed by atoms with Crippen molar-refractivity contribution in [2.45, 2.75) is 45.1 Å². The monoisotopic (exact) mass is 447 g/mol. The van der Waals surface area contributed by atoms with Gasteiger partial charge in [0.1, 0.15) is 0 Å². The highest BCUT2D eigenvalue weighted by Gasteiger charge is 2.30. The second-order valence-electron chi connectivity index (χ2n) is 9.83. The highest BCUT2D eigenvalue weighted by atomic mass is 16.2. The minimum absolute atomic E-state index is 0.0898. The molecule has 1 atom stereocenters. The van der Waals surface area contributed by atoms with Gasteiger partial charge in [-0.05, 0) is 40.2 Å². The molecule has 0 aliphatic heterocycles. The first-order valence-corrected chi connectivity index (χ1v) is 12.0. The lowest BCUT2D eigenvalue weighted by molar-refractivity contribution is -0.120. The highest BCUT2D eigenvalue weighted by molar-refractivity contribution is 5.99. The van der Waals surface area contributed by atoms with Gasteiger partial charge in [0.2, 0.25) is 5.91 Å². The van der Waals surface area contributed by atoms with E-state index in [2.05, 4.69) is 75.4 Å². The van der Waals surface area contributed by atoms with Gasteiger partial charge in [0.25, 0.3) is 0 Å². The number of carbonyl (C=O) groups is 1. The van der Waals surface area contributed by atoms with Gasteiger partial charge < -0.3 is 4.90 Å². The topological polar surface area (TPSA) is 20.3 Å². The summed E-state index contributed by atoms with van der Waals surface area (Å²) in [5.41, 5.74) is 5.39. The lowest BCUT2D eigenvalue weighted by atomic mass is 9.84. The van der Waals surface area contributed by atoms with E-state index in [4.69, 9.17) is 0 Å². The molecule has 0 aliphatic rings. The number of anilines is 1. The van der Waals surface area contributed by atoms with Crippen molar-refractivity contribution < 1.29 is 4.79 Å². The quantitative estimate of drug-likeness (QED) is 0.286. The zero-order valence-electron chi connectivity index (χ0n) is 20.3. The van der Waals surface area contributed by atoms with E-state index in [1.54, 1.807) is 0 Å². The molecule has 0 aromatic heterocycles. The van der Waals surface area contributed by atoms with Crippen LogP contribution < -0.4 is 4.90 Å². The molecule has 0 bridgehead atoms. The SMILES string of the molecule is CC(C)(C)c1ccccc1N(Cc1ccccc1)C(=O)[C@@H](Cc1ccccc1)c1ccccc1. The van der Waals surface area contributed by atoms with Gasteiger partial charge in [-0.25, -0.2) is 0 Å². The third-order valence-corrected chi connectivity index (χ3v) is 6.24. The minimum Gasteiger partial charge on any atom is -0.307 e. The average Bonchev–Trinajstić information content (AvgIpc) is 2.87. The molecule has 0 spiro atoms. The van der Waals surface area contributed by atoms with Crippen LogP contribution in [-0.4, -0.2) is 5.91 Å². The molecule has 4 rings (SSSR count). The lowest BCUT2D eigenvalue weighted by Gasteiger charge is -2.33. The fourth-order valence-corrected chi connectivity index (χ4v) is 4.46. The zero-order valence-corrected chi connectivity index (χ0v) is 20.3. The average molecular weight is 448 g/mol. The zero-order chi connectivity index (χ0) is 24.0. The van der Waals surface area contributed by atoms with Gasteiger partial charge in [-0.1, -0.05) is 130 Å². The number of benzene rings is 4. The number of amides is 1. The minimum atomic E-state index is -0.277. The van der Waals surface area contributed by atoms with E-state index >= 15 is 0 Å². The molecular formula is C32H33NO. The first kappa shape index (κ1) is 23.5. The molecular weight excluding hydrogens is 414 g/mol. The van der Waals surface area contributed by atoms with Crippen molar-refractivity contribution in [3.05, 3.63) is 138 Å². The van der Waals surface area contributed by atoms with E-state index in [0.29, 0.717) is 13.0 Å². The molecule has 0 saturated carbocycles. The fourth-order valence-electron chi connectivity index (χ4n) is 4.46. The summed E-state index contributed by atoms with van der Waals surface area (Å²) in [6.07, 6.45) is 0.659. The number of nitrogens with zero attached hydrogens (tertiary/aromatic N) is 1. The molecule has 0 N–H and O–H groups in total. The Bertz CT molecular complexity index is 1190. The Morgan fingerprint density at radius 3 is 1.76 bits per heavy atom. The Labute approximate surface area is 203 Å². The highest BCUT2D eigenvalue weighted by Crippen LogP contribution is 2.35. The summed E-state index contributed by atoms with van der Waals surface area (Å²) in [6, 6.07) is 39.1. The molecule has 2 nitrogen and oxygen atoms in total. The van der Waals surface area contributed by atoms with Gasteiger partial charge >= 0.3 is 0 Å². The molecule has 1 amide bonds. The Morgan fingerprint density at radius 1 is 0.676 bits per heavy atom. The second kappa shape index (κ2) is 10.5. The summed E-state index contributed by atoms with van der Waals surface area (Å²) in [6.45, 7) is 7.14. The molecule has 34 heavy (non-hydrogen) atoms. The van der Waals surface area contributed by atoms with E-state index in [1.165, 1.54) is 5.56 Å². The molecule has 0 aliphatic carbocycles. The van der Waals surface area contributed by atoms with Crippen molar-refractivity contribution in [1.29, 1.82) is 0 Å². The van der Waals surface area contributed by atoms with Crippen LogP contribution in [0, 0.1) is 0 Å². The molecule has 4 aromatic rings. The number of para-hydroxylation sites is 1.